The van der Waals surface area contributed by atoms with Gasteiger partial charge in [-0.3, -0.25) is 9.20 Å². The van der Waals surface area contributed by atoms with E-state index in [1.165, 1.54) is 11.3 Å². The molecule has 0 atom stereocenters. The first-order chi connectivity index (χ1) is 8.94. The van der Waals surface area contributed by atoms with Crippen molar-refractivity contribution in [2.45, 2.75) is 6.18 Å². The molecule has 0 aliphatic carbocycles. The number of nitrogens with one attached hydrogen (secondary N) is 1. The molecule has 3 aromatic heterocycles. The lowest BCUT2D eigenvalue weighted by atomic mass is 10.4. The van der Waals surface area contributed by atoms with E-state index < -0.39 is 18.6 Å². The normalized spacial score (nSPS) is 12.4. The van der Waals surface area contributed by atoms with E-state index in [1.807, 2.05) is 10.7 Å². The van der Waals surface area contributed by atoms with Gasteiger partial charge < -0.3 is 5.32 Å². The van der Waals surface area contributed by atoms with E-state index >= 15 is 0 Å². The maximum Gasteiger partial charge on any atom is 0.405 e. The average molecular weight is 305 g/mol. The van der Waals surface area contributed by atoms with Gasteiger partial charge in [-0.15, -0.1) is 22.7 Å². The van der Waals surface area contributed by atoms with Gasteiger partial charge in [0, 0.05) is 11.6 Å². The second-order valence-electron chi connectivity index (χ2n) is 3.77. The Hall–Kier alpha value is -1.61. The quantitative estimate of drug-likeness (QED) is 0.791. The van der Waals surface area contributed by atoms with Gasteiger partial charge in [0.15, 0.2) is 4.96 Å². The van der Waals surface area contributed by atoms with Crippen molar-refractivity contribution in [3.8, 4) is 0 Å². The van der Waals surface area contributed by atoms with Gasteiger partial charge in [0.1, 0.15) is 11.4 Å². The van der Waals surface area contributed by atoms with E-state index in [0.29, 0.717) is 4.83 Å². The summed E-state index contributed by atoms with van der Waals surface area (Å²) in [7, 11) is 0. The monoisotopic (exact) mass is 305 g/mol. The number of imidazole rings is 1. The predicted octanol–water partition coefficient (Wildman–Crippen LogP) is 2.90. The first-order valence-electron chi connectivity index (χ1n) is 5.14. The second-order valence-corrected chi connectivity index (χ2v) is 5.67. The van der Waals surface area contributed by atoms with Crippen molar-refractivity contribution in [2.24, 2.45) is 0 Å². The number of nitrogens with zero attached hydrogens (tertiary/aromatic N) is 2. The maximum absolute atomic E-state index is 12.0. The van der Waals surface area contributed by atoms with Gasteiger partial charge in [-0.25, -0.2) is 4.98 Å². The van der Waals surface area contributed by atoms with Gasteiger partial charge in [-0.05, 0) is 6.07 Å². The number of rotatable bonds is 2. The van der Waals surface area contributed by atoms with Gasteiger partial charge >= 0.3 is 6.18 Å². The summed E-state index contributed by atoms with van der Waals surface area (Å²) in [5, 5.41) is 3.69. The molecule has 0 saturated heterocycles. The van der Waals surface area contributed by atoms with Crippen LogP contribution in [-0.2, 0) is 0 Å². The van der Waals surface area contributed by atoms with Crippen LogP contribution in [0.25, 0.3) is 15.3 Å². The number of carbonyl (C=O) groups excluding carboxylic acids is 1. The maximum atomic E-state index is 12.0. The summed E-state index contributed by atoms with van der Waals surface area (Å²) in [6, 6.07) is 1.55. The van der Waals surface area contributed by atoms with E-state index in [4.69, 9.17) is 0 Å². The van der Waals surface area contributed by atoms with E-state index in [9.17, 15) is 18.0 Å². The molecule has 3 aromatic rings. The molecule has 0 aliphatic heterocycles. The molecule has 4 nitrogen and oxygen atoms in total. The van der Waals surface area contributed by atoms with Crippen molar-refractivity contribution >= 4 is 43.9 Å². The SMILES string of the molecule is O=C(NCC(F)(F)F)c1cc2c(nc3sccn32)s1. The third kappa shape index (κ3) is 2.30. The minimum Gasteiger partial charge on any atom is -0.342 e. The molecule has 100 valence electrons. The number of halogens is 3. The number of amides is 1. The molecule has 9 heteroatoms. The number of fused-ring (bicyclic) bond motifs is 3. The lowest BCUT2D eigenvalue weighted by Crippen LogP contribution is -2.33. The standard InChI is InChI=1S/C10H6F3N3OS2/c11-10(12,13)4-14-7(17)6-3-5-8(19-6)15-9-16(5)1-2-18-9/h1-3H,4H2,(H,14,17). The number of carbonyl (C=O) groups is 1. The molecule has 0 aromatic carbocycles. The van der Waals surface area contributed by atoms with Crippen LogP contribution in [0.1, 0.15) is 9.67 Å². The lowest BCUT2D eigenvalue weighted by molar-refractivity contribution is -0.123. The third-order valence-electron chi connectivity index (χ3n) is 2.41. The highest BCUT2D eigenvalue weighted by atomic mass is 32.1. The summed E-state index contributed by atoms with van der Waals surface area (Å²) < 4.78 is 37.9. The molecular formula is C10H6F3N3OS2. The first kappa shape index (κ1) is 12.4. The van der Waals surface area contributed by atoms with E-state index in [1.54, 1.807) is 16.7 Å². The van der Waals surface area contributed by atoms with Crippen LogP contribution in [-0.4, -0.2) is 28.0 Å². The van der Waals surface area contributed by atoms with E-state index in [-0.39, 0.29) is 4.88 Å². The van der Waals surface area contributed by atoms with Crippen molar-refractivity contribution in [1.29, 1.82) is 0 Å². The van der Waals surface area contributed by atoms with Crippen LogP contribution < -0.4 is 5.32 Å². The van der Waals surface area contributed by atoms with Crippen molar-refractivity contribution in [1.82, 2.24) is 14.7 Å². The molecule has 1 amide bonds. The van der Waals surface area contributed by atoms with Crippen molar-refractivity contribution in [3.05, 3.63) is 22.5 Å². The topological polar surface area (TPSA) is 46.4 Å². The third-order valence-corrected chi connectivity index (χ3v) is 4.19. The number of hydrogen-bond donors (Lipinski definition) is 1. The Morgan fingerprint density at radius 3 is 3.00 bits per heavy atom. The van der Waals surface area contributed by atoms with Gasteiger partial charge in [0.05, 0.1) is 10.4 Å². The zero-order valence-electron chi connectivity index (χ0n) is 9.19. The predicted molar refractivity (Wildman–Crippen MR) is 66.8 cm³/mol. The molecular weight excluding hydrogens is 299 g/mol. The Morgan fingerprint density at radius 2 is 2.26 bits per heavy atom. The van der Waals surface area contributed by atoms with Crippen molar-refractivity contribution in [3.63, 3.8) is 0 Å². The minimum atomic E-state index is -4.41. The Labute approximate surface area is 112 Å². The first-order valence-corrected chi connectivity index (χ1v) is 6.84. The Kier molecular flexibility index (Phi) is 2.75. The summed E-state index contributed by atoms with van der Waals surface area (Å²) >= 11 is 2.54. The summed E-state index contributed by atoms with van der Waals surface area (Å²) in [5.41, 5.74) is 0.735. The summed E-state index contributed by atoms with van der Waals surface area (Å²) in [6.45, 7) is -1.33. The average Bonchev–Trinajstić information content (AvgIpc) is 2.94. The Morgan fingerprint density at radius 1 is 1.47 bits per heavy atom. The highest BCUT2D eigenvalue weighted by Gasteiger charge is 2.28. The van der Waals surface area contributed by atoms with Crippen LogP contribution >= 0.6 is 22.7 Å². The fourth-order valence-electron chi connectivity index (χ4n) is 1.63. The molecule has 0 unspecified atom stereocenters. The smallest absolute Gasteiger partial charge is 0.342 e. The van der Waals surface area contributed by atoms with Crippen LogP contribution in [0.3, 0.4) is 0 Å². The van der Waals surface area contributed by atoms with Crippen LogP contribution in [0, 0.1) is 0 Å². The van der Waals surface area contributed by atoms with Crippen LogP contribution in [0.2, 0.25) is 0 Å². The molecule has 0 spiro atoms. The lowest BCUT2D eigenvalue weighted by Gasteiger charge is -2.06. The fraction of sp³-hybridized carbons (Fsp3) is 0.200. The van der Waals surface area contributed by atoms with Crippen molar-refractivity contribution in [2.75, 3.05) is 6.54 Å². The Balaban J connectivity index is 1.88. The highest BCUT2D eigenvalue weighted by molar-refractivity contribution is 7.21. The second kappa shape index (κ2) is 4.20. The van der Waals surface area contributed by atoms with Crippen LogP contribution in [0.15, 0.2) is 17.6 Å². The van der Waals surface area contributed by atoms with Gasteiger partial charge in [0.25, 0.3) is 5.91 Å². The number of thiazole rings is 1. The summed E-state index contributed by atoms with van der Waals surface area (Å²) in [5.74, 6) is -0.732. The van der Waals surface area contributed by atoms with Gasteiger partial charge in [0.2, 0.25) is 0 Å². The van der Waals surface area contributed by atoms with Crippen molar-refractivity contribution < 1.29 is 18.0 Å². The van der Waals surface area contributed by atoms with E-state index in [2.05, 4.69) is 4.98 Å². The zero-order valence-corrected chi connectivity index (χ0v) is 10.8. The van der Waals surface area contributed by atoms with Gasteiger partial charge in [-0.1, -0.05) is 0 Å². The van der Waals surface area contributed by atoms with Crippen LogP contribution in [0.5, 0.6) is 0 Å². The molecule has 19 heavy (non-hydrogen) atoms. The Bertz CT molecular complexity index is 755. The molecule has 0 saturated carbocycles. The molecule has 0 aliphatic rings. The molecule has 1 N–H and O–H groups in total. The molecule has 0 radical (unpaired) electrons. The molecule has 0 fully saturated rings. The fourth-order valence-corrected chi connectivity index (χ4v) is 3.34. The van der Waals surface area contributed by atoms with Gasteiger partial charge in [-0.2, -0.15) is 13.2 Å². The summed E-state index contributed by atoms with van der Waals surface area (Å²) in [6.07, 6.45) is -2.60. The number of aromatic nitrogens is 2. The molecule has 3 rings (SSSR count). The minimum absolute atomic E-state index is 0.224. The zero-order chi connectivity index (χ0) is 13.6. The molecule has 0 bridgehead atoms. The largest absolute Gasteiger partial charge is 0.405 e. The van der Waals surface area contributed by atoms with E-state index in [0.717, 1.165) is 21.8 Å². The summed E-state index contributed by atoms with van der Waals surface area (Å²) in [4.78, 5) is 17.5. The van der Waals surface area contributed by atoms with Crippen LogP contribution in [0.4, 0.5) is 13.2 Å². The highest BCUT2D eigenvalue weighted by Crippen LogP contribution is 2.28. The number of alkyl halides is 3. The molecule has 3 heterocycles. The number of thiophene rings is 1. The number of hydrogen-bond acceptors (Lipinski definition) is 4.